The number of nitrogens with zero attached hydrogens (tertiary/aromatic N) is 2. The Labute approximate surface area is 168 Å². The third-order valence-electron chi connectivity index (χ3n) is 4.28. The molecule has 1 amide bonds. The quantitative estimate of drug-likeness (QED) is 0.704. The number of ether oxygens (including phenoxy) is 1. The van der Waals surface area contributed by atoms with E-state index in [4.69, 9.17) is 4.74 Å². The second-order valence-corrected chi connectivity index (χ2v) is 8.76. The lowest BCUT2D eigenvalue weighted by atomic mass is 9.91. The predicted molar refractivity (Wildman–Crippen MR) is 107 cm³/mol. The maximum atomic E-state index is 14.7. The molecule has 5 nitrogen and oxygen atoms in total. The number of aromatic nitrogens is 2. The van der Waals surface area contributed by atoms with Crippen molar-refractivity contribution in [2.75, 3.05) is 0 Å². The minimum absolute atomic E-state index is 0.323. The Morgan fingerprint density at radius 1 is 1.33 bits per heavy atom. The van der Waals surface area contributed by atoms with Crippen molar-refractivity contribution in [3.8, 4) is 0 Å². The lowest BCUT2D eigenvalue weighted by Gasteiger charge is -2.33. The first-order chi connectivity index (χ1) is 12.4. The SMILES string of the molecule is CCc1c(C)ncn1C[C@](C)(NC(=O)OC(C)(C)C)c1cc(Br)ccc1F. The highest BCUT2D eigenvalue weighted by molar-refractivity contribution is 9.10. The number of aryl methyl sites for hydroxylation is 1. The summed E-state index contributed by atoms with van der Waals surface area (Å²) in [5.41, 5.74) is 0.652. The summed E-state index contributed by atoms with van der Waals surface area (Å²) in [6.45, 7) is 11.5. The third kappa shape index (κ3) is 5.31. The van der Waals surface area contributed by atoms with E-state index in [0.717, 1.165) is 22.3 Å². The van der Waals surface area contributed by atoms with Gasteiger partial charge in [0.2, 0.25) is 0 Å². The molecule has 2 rings (SSSR count). The molecule has 2 aromatic rings. The lowest BCUT2D eigenvalue weighted by Crippen LogP contribution is -2.49. The first-order valence-electron chi connectivity index (χ1n) is 8.92. The molecule has 1 aromatic heterocycles. The van der Waals surface area contributed by atoms with Gasteiger partial charge in [-0.1, -0.05) is 22.9 Å². The van der Waals surface area contributed by atoms with Crippen LogP contribution in [0.2, 0.25) is 0 Å². The van der Waals surface area contributed by atoms with Gasteiger partial charge in [-0.2, -0.15) is 0 Å². The fraction of sp³-hybridized carbons (Fsp3) is 0.500. The highest BCUT2D eigenvalue weighted by Crippen LogP contribution is 2.30. The average molecular weight is 440 g/mol. The van der Waals surface area contributed by atoms with E-state index in [0.29, 0.717) is 12.1 Å². The van der Waals surface area contributed by atoms with Gasteiger partial charge in [0, 0.05) is 15.7 Å². The average Bonchev–Trinajstić information content (AvgIpc) is 2.87. The zero-order valence-electron chi connectivity index (χ0n) is 16.7. The van der Waals surface area contributed by atoms with Crippen molar-refractivity contribution in [1.82, 2.24) is 14.9 Å². The minimum Gasteiger partial charge on any atom is -0.444 e. The van der Waals surface area contributed by atoms with Gasteiger partial charge in [0.1, 0.15) is 11.4 Å². The number of benzene rings is 1. The van der Waals surface area contributed by atoms with Crippen LogP contribution in [0.15, 0.2) is 29.0 Å². The van der Waals surface area contributed by atoms with Crippen molar-refractivity contribution in [3.05, 3.63) is 51.8 Å². The zero-order valence-corrected chi connectivity index (χ0v) is 18.3. The molecule has 0 fully saturated rings. The van der Waals surface area contributed by atoms with Gasteiger partial charge < -0.3 is 14.6 Å². The lowest BCUT2D eigenvalue weighted by molar-refractivity contribution is 0.0447. The van der Waals surface area contributed by atoms with Crippen LogP contribution in [0, 0.1) is 12.7 Å². The molecule has 1 heterocycles. The molecular weight excluding hydrogens is 413 g/mol. The van der Waals surface area contributed by atoms with Crippen molar-refractivity contribution in [3.63, 3.8) is 0 Å². The Morgan fingerprint density at radius 2 is 2.00 bits per heavy atom. The van der Waals surface area contributed by atoms with Crippen LogP contribution >= 0.6 is 15.9 Å². The van der Waals surface area contributed by atoms with Crippen LogP contribution in [0.3, 0.4) is 0 Å². The molecule has 27 heavy (non-hydrogen) atoms. The Morgan fingerprint density at radius 3 is 2.59 bits per heavy atom. The van der Waals surface area contributed by atoms with E-state index in [1.165, 1.54) is 6.07 Å². The van der Waals surface area contributed by atoms with Gasteiger partial charge in [-0.05, 0) is 59.2 Å². The third-order valence-corrected chi connectivity index (χ3v) is 4.77. The fourth-order valence-electron chi connectivity index (χ4n) is 3.09. The Kier molecular flexibility index (Phi) is 6.35. The summed E-state index contributed by atoms with van der Waals surface area (Å²) in [6.07, 6.45) is 1.91. The van der Waals surface area contributed by atoms with Crippen LogP contribution in [0.1, 0.15) is 51.6 Å². The normalized spacial score (nSPS) is 13.9. The molecule has 0 radical (unpaired) electrons. The van der Waals surface area contributed by atoms with Gasteiger partial charge in [0.25, 0.3) is 0 Å². The topological polar surface area (TPSA) is 56.2 Å². The zero-order chi connectivity index (χ0) is 20.4. The molecule has 1 atom stereocenters. The molecule has 0 aliphatic carbocycles. The number of amides is 1. The molecule has 0 aliphatic heterocycles. The predicted octanol–water partition coefficient (Wildman–Crippen LogP) is 5.10. The van der Waals surface area contributed by atoms with E-state index >= 15 is 0 Å². The standard InChI is InChI=1S/C20H27BrFN3O2/c1-7-17-13(2)23-12-25(17)11-20(6,24-18(26)27-19(3,4)5)15-10-14(21)8-9-16(15)22/h8-10,12H,7,11H2,1-6H3,(H,24,26)/t20-/m0/s1. The molecule has 7 heteroatoms. The number of hydrogen-bond donors (Lipinski definition) is 1. The van der Waals surface area contributed by atoms with Gasteiger partial charge in [-0.3, -0.25) is 0 Å². The minimum atomic E-state index is -1.03. The van der Waals surface area contributed by atoms with Gasteiger partial charge in [0.15, 0.2) is 0 Å². The van der Waals surface area contributed by atoms with Crippen LogP contribution in [0.4, 0.5) is 9.18 Å². The molecule has 148 valence electrons. The maximum Gasteiger partial charge on any atom is 0.408 e. The van der Waals surface area contributed by atoms with Gasteiger partial charge >= 0.3 is 6.09 Å². The summed E-state index contributed by atoms with van der Waals surface area (Å²) in [6, 6.07) is 4.70. The summed E-state index contributed by atoms with van der Waals surface area (Å²) >= 11 is 3.39. The number of carbonyl (C=O) groups excluding carboxylic acids is 1. The molecule has 0 unspecified atom stereocenters. The number of hydrogen-bond acceptors (Lipinski definition) is 3. The Bertz CT molecular complexity index is 829. The summed E-state index contributed by atoms with van der Waals surface area (Å²) in [5, 5.41) is 2.87. The van der Waals surface area contributed by atoms with Gasteiger partial charge in [-0.15, -0.1) is 0 Å². The number of carbonyl (C=O) groups is 1. The van der Waals surface area contributed by atoms with E-state index in [2.05, 4.69) is 26.2 Å². The van der Waals surface area contributed by atoms with Crippen LogP contribution in [0.25, 0.3) is 0 Å². The first kappa shape index (κ1) is 21.4. The fourth-order valence-corrected chi connectivity index (χ4v) is 3.45. The van der Waals surface area contributed by atoms with Gasteiger partial charge in [0.05, 0.1) is 24.1 Å². The molecule has 0 bridgehead atoms. The Hall–Kier alpha value is -1.89. The molecule has 1 N–H and O–H groups in total. The number of rotatable bonds is 5. The van der Waals surface area contributed by atoms with Crippen molar-refractivity contribution < 1.29 is 13.9 Å². The second kappa shape index (κ2) is 8.00. The van der Waals surface area contributed by atoms with Crippen molar-refractivity contribution >= 4 is 22.0 Å². The molecule has 1 aromatic carbocycles. The highest BCUT2D eigenvalue weighted by Gasteiger charge is 2.34. The molecule has 0 aliphatic rings. The van der Waals surface area contributed by atoms with Crippen LogP contribution in [0.5, 0.6) is 0 Å². The molecule has 0 saturated heterocycles. The highest BCUT2D eigenvalue weighted by atomic mass is 79.9. The molecule has 0 spiro atoms. The van der Waals surface area contributed by atoms with Gasteiger partial charge in [-0.25, -0.2) is 14.2 Å². The van der Waals surface area contributed by atoms with Crippen molar-refractivity contribution in [2.45, 2.75) is 65.6 Å². The Balaban J connectivity index is 2.47. The van der Waals surface area contributed by atoms with Crippen LogP contribution in [-0.4, -0.2) is 21.2 Å². The summed E-state index contributed by atoms with van der Waals surface area (Å²) in [4.78, 5) is 16.9. The van der Waals surface area contributed by atoms with E-state index in [1.54, 1.807) is 46.2 Å². The largest absolute Gasteiger partial charge is 0.444 e. The summed E-state index contributed by atoms with van der Waals surface area (Å²) < 4.78 is 22.8. The molecule has 0 saturated carbocycles. The van der Waals surface area contributed by atoms with E-state index in [9.17, 15) is 9.18 Å². The van der Waals surface area contributed by atoms with Crippen LogP contribution < -0.4 is 5.32 Å². The maximum absolute atomic E-state index is 14.7. The second-order valence-electron chi connectivity index (χ2n) is 7.84. The van der Waals surface area contributed by atoms with E-state index in [-0.39, 0.29) is 0 Å². The molecular formula is C20H27BrFN3O2. The smallest absolute Gasteiger partial charge is 0.408 e. The number of halogens is 2. The number of alkyl carbamates (subject to hydrolysis) is 1. The van der Waals surface area contributed by atoms with Crippen molar-refractivity contribution in [1.29, 1.82) is 0 Å². The number of imidazole rings is 1. The first-order valence-corrected chi connectivity index (χ1v) is 9.72. The van der Waals surface area contributed by atoms with E-state index in [1.807, 2.05) is 18.4 Å². The summed E-state index contributed by atoms with van der Waals surface area (Å²) in [5.74, 6) is -0.397. The number of nitrogens with one attached hydrogen (secondary N) is 1. The van der Waals surface area contributed by atoms with E-state index < -0.39 is 23.1 Å². The van der Waals surface area contributed by atoms with Crippen molar-refractivity contribution in [2.24, 2.45) is 0 Å². The monoisotopic (exact) mass is 439 g/mol. The van der Waals surface area contributed by atoms with Crippen LogP contribution in [-0.2, 0) is 23.2 Å². The summed E-state index contributed by atoms with van der Waals surface area (Å²) in [7, 11) is 0.